The minimum Gasteiger partial charge on any atom is -0.486 e. The molecule has 4 rings (SSSR count). The first kappa shape index (κ1) is 21.0. The number of rotatable bonds is 7. The van der Waals surface area contributed by atoms with Gasteiger partial charge in [0, 0.05) is 17.2 Å². The van der Waals surface area contributed by atoms with Crippen molar-refractivity contribution in [2.24, 2.45) is 0 Å². The maximum Gasteiger partial charge on any atom is 0.336 e. The van der Waals surface area contributed by atoms with E-state index in [0.717, 1.165) is 22.3 Å². The lowest BCUT2D eigenvalue weighted by atomic mass is 10.0. The molecular formula is C23H24N4O3S. The van der Waals surface area contributed by atoms with Crippen LogP contribution >= 0.6 is 11.8 Å². The summed E-state index contributed by atoms with van der Waals surface area (Å²) in [5, 5.41) is 9.75. The number of hydrogen-bond acceptors (Lipinski definition) is 7. The Morgan fingerprint density at radius 1 is 1.13 bits per heavy atom. The van der Waals surface area contributed by atoms with Crippen molar-refractivity contribution in [3.05, 3.63) is 81.5 Å². The Morgan fingerprint density at radius 2 is 1.90 bits per heavy atom. The maximum absolute atomic E-state index is 11.9. The number of hydrogen-bond donors (Lipinski definition) is 1. The van der Waals surface area contributed by atoms with Gasteiger partial charge in [0.2, 0.25) is 5.16 Å². The van der Waals surface area contributed by atoms with E-state index in [1.165, 1.54) is 28.1 Å². The van der Waals surface area contributed by atoms with Crippen LogP contribution in [0.3, 0.4) is 0 Å². The molecule has 0 amide bonds. The predicted molar refractivity (Wildman–Crippen MR) is 122 cm³/mol. The molecule has 0 bridgehead atoms. The first-order valence-corrected chi connectivity index (χ1v) is 11.0. The minimum atomic E-state index is -0.375. The molecular weight excluding hydrogens is 412 g/mol. The monoisotopic (exact) mass is 436 g/mol. The van der Waals surface area contributed by atoms with Gasteiger partial charge in [0.05, 0.1) is 0 Å². The molecule has 0 aliphatic heterocycles. The molecule has 0 spiro atoms. The SMILES string of the molecule is Cc1ccc2c(CSc3nnc(COc4ccc(C(C)C)cc4)n3N)cc(=O)oc2c1. The lowest BCUT2D eigenvalue weighted by molar-refractivity contribution is 0.291. The van der Waals surface area contributed by atoms with Gasteiger partial charge < -0.3 is 15.0 Å². The van der Waals surface area contributed by atoms with Gasteiger partial charge in [-0.3, -0.25) is 0 Å². The normalized spacial score (nSPS) is 11.4. The minimum absolute atomic E-state index is 0.211. The Hall–Kier alpha value is -3.26. The van der Waals surface area contributed by atoms with Gasteiger partial charge in [-0.1, -0.05) is 49.9 Å². The second-order valence-corrected chi connectivity index (χ2v) is 8.60. The molecule has 2 heterocycles. The molecule has 0 unspecified atom stereocenters. The number of nitrogens with zero attached hydrogens (tertiary/aromatic N) is 3. The van der Waals surface area contributed by atoms with Crippen molar-refractivity contribution in [2.45, 2.75) is 44.2 Å². The van der Waals surface area contributed by atoms with E-state index in [9.17, 15) is 4.79 Å². The Balaban J connectivity index is 1.44. The van der Waals surface area contributed by atoms with Crippen LogP contribution in [0.15, 0.2) is 62.9 Å². The van der Waals surface area contributed by atoms with Gasteiger partial charge in [0.25, 0.3) is 0 Å². The zero-order valence-corrected chi connectivity index (χ0v) is 18.5. The fourth-order valence-electron chi connectivity index (χ4n) is 3.20. The summed E-state index contributed by atoms with van der Waals surface area (Å²) in [6.45, 7) is 6.47. The smallest absolute Gasteiger partial charge is 0.336 e. The number of aromatic nitrogens is 3. The maximum atomic E-state index is 11.9. The summed E-state index contributed by atoms with van der Waals surface area (Å²) in [5.41, 5.74) is 3.36. The zero-order chi connectivity index (χ0) is 22.0. The molecule has 0 fully saturated rings. The molecule has 0 atom stereocenters. The number of benzene rings is 2. The average Bonchev–Trinajstić information content (AvgIpc) is 3.09. The molecule has 0 saturated heterocycles. The molecule has 160 valence electrons. The molecule has 0 saturated carbocycles. The number of fused-ring (bicyclic) bond motifs is 1. The van der Waals surface area contributed by atoms with Crippen LogP contribution in [-0.4, -0.2) is 14.9 Å². The highest BCUT2D eigenvalue weighted by Gasteiger charge is 2.13. The fourth-order valence-corrected chi connectivity index (χ4v) is 4.07. The highest BCUT2D eigenvalue weighted by Crippen LogP contribution is 2.26. The van der Waals surface area contributed by atoms with Crippen LogP contribution in [0.2, 0.25) is 0 Å². The summed E-state index contributed by atoms with van der Waals surface area (Å²) in [6, 6.07) is 15.3. The van der Waals surface area contributed by atoms with Gasteiger partial charge in [0.1, 0.15) is 17.9 Å². The van der Waals surface area contributed by atoms with Crippen molar-refractivity contribution in [1.29, 1.82) is 0 Å². The molecule has 2 aromatic carbocycles. The van der Waals surface area contributed by atoms with Crippen LogP contribution in [0.5, 0.6) is 5.75 Å². The third kappa shape index (κ3) is 4.74. The van der Waals surface area contributed by atoms with E-state index >= 15 is 0 Å². The van der Waals surface area contributed by atoms with Gasteiger partial charge in [-0.05, 0) is 47.7 Å². The summed E-state index contributed by atoms with van der Waals surface area (Å²) in [5.74, 6) is 8.42. The fraction of sp³-hybridized carbons (Fsp3) is 0.261. The Bertz CT molecular complexity index is 1260. The van der Waals surface area contributed by atoms with Crippen LogP contribution in [-0.2, 0) is 12.4 Å². The third-order valence-corrected chi connectivity index (χ3v) is 5.98. The van der Waals surface area contributed by atoms with E-state index in [4.69, 9.17) is 15.0 Å². The van der Waals surface area contributed by atoms with Gasteiger partial charge >= 0.3 is 5.63 Å². The van der Waals surface area contributed by atoms with Crippen molar-refractivity contribution < 1.29 is 9.15 Å². The predicted octanol–water partition coefficient (Wildman–Crippen LogP) is 4.40. The summed E-state index contributed by atoms with van der Waals surface area (Å²) >= 11 is 1.40. The quantitative estimate of drug-likeness (QED) is 0.260. The molecule has 7 nitrogen and oxygen atoms in total. The van der Waals surface area contributed by atoms with Crippen molar-refractivity contribution in [3.63, 3.8) is 0 Å². The van der Waals surface area contributed by atoms with Crippen molar-refractivity contribution in [3.8, 4) is 5.75 Å². The molecule has 0 aliphatic carbocycles. The first-order valence-electron chi connectivity index (χ1n) is 9.99. The lowest BCUT2D eigenvalue weighted by Gasteiger charge is -2.09. The van der Waals surface area contributed by atoms with Crippen LogP contribution < -0.4 is 16.2 Å². The van der Waals surface area contributed by atoms with Crippen LogP contribution in [0.25, 0.3) is 11.0 Å². The standard InChI is InChI=1S/C23H24N4O3S/c1-14(2)16-5-7-18(8-6-16)29-12-21-25-26-23(27(21)24)31-13-17-11-22(28)30-20-10-15(3)4-9-19(17)20/h4-11,14H,12-13,24H2,1-3H3. The number of ether oxygens (including phenoxy) is 1. The second-order valence-electron chi connectivity index (χ2n) is 7.66. The lowest BCUT2D eigenvalue weighted by Crippen LogP contribution is -2.15. The number of nitrogen functional groups attached to an aromatic ring is 1. The highest BCUT2D eigenvalue weighted by molar-refractivity contribution is 7.98. The van der Waals surface area contributed by atoms with E-state index in [1.54, 1.807) is 0 Å². The van der Waals surface area contributed by atoms with E-state index in [0.29, 0.717) is 28.2 Å². The van der Waals surface area contributed by atoms with E-state index < -0.39 is 0 Å². The molecule has 0 aliphatic rings. The number of aryl methyl sites for hydroxylation is 1. The van der Waals surface area contributed by atoms with Crippen molar-refractivity contribution in [1.82, 2.24) is 14.9 Å². The average molecular weight is 437 g/mol. The largest absolute Gasteiger partial charge is 0.486 e. The number of nitrogens with two attached hydrogens (primary N) is 1. The van der Waals surface area contributed by atoms with Crippen LogP contribution in [0, 0.1) is 6.92 Å². The summed E-state index contributed by atoms with van der Waals surface area (Å²) in [4.78, 5) is 11.9. The third-order valence-electron chi connectivity index (χ3n) is 4.99. The van der Waals surface area contributed by atoms with Crippen LogP contribution in [0.1, 0.15) is 42.3 Å². The van der Waals surface area contributed by atoms with E-state index in [1.807, 2.05) is 37.3 Å². The van der Waals surface area contributed by atoms with E-state index in [2.05, 4.69) is 36.2 Å². The van der Waals surface area contributed by atoms with Gasteiger partial charge in [-0.15, -0.1) is 10.2 Å². The Morgan fingerprint density at radius 3 is 2.65 bits per heavy atom. The molecule has 8 heteroatoms. The van der Waals surface area contributed by atoms with E-state index in [-0.39, 0.29) is 12.2 Å². The summed E-state index contributed by atoms with van der Waals surface area (Å²) in [6.07, 6.45) is 0. The molecule has 31 heavy (non-hydrogen) atoms. The van der Waals surface area contributed by atoms with Gasteiger partial charge in [0.15, 0.2) is 5.82 Å². The number of thioether (sulfide) groups is 1. The topological polar surface area (TPSA) is 96.2 Å². The van der Waals surface area contributed by atoms with Crippen molar-refractivity contribution in [2.75, 3.05) is 5.84 Å². The molecule has 2 N–H and O–H groups in total. The molecule has 2 aromatic heterocycles. The summed E-state index contributed by atoms with van der Waals surface area (Å²) < 4.78 is 12.5. The first-order chi connectivity index (χ1) is 14.9. The Labute approximate surface area is 184 Å². The molecule has 4 aromatic rings. The summed E-state index contributed by atoms with van der Waals surface area (Å²) in [7, 11) is 0. The Kier molecular flexibility index (Phi) is 5.99. The van der Waals surface area contributed by atoms with Crippen molar-refractivity contribution >= 4 is 22.7 Å². The van der Waals surface area contributed by atoms with Gasteiger partial charge in [-0.2, -0.15) is 0 Å². The highest BCUT2D eigenvalue weighted by atomic mass is 32.2. The second kappa shape index (κ2) is 8.85. The molecule has 0 radical (unpaired) electrons. The van der Waals surface area contributed by atoms with Crippen LogP contribution in [0.4, 0.5) is 0 Å². The zero-order valence-electron chi connectivity index (χ0n) is 17.7. The van der Waals surface area contributed by atoms with Gasteiger partial charge in [-0.25, -0.2) is 9.47 Å².